The second-order valence-corrected chi connectivity index (χ2v) is 6.87. The lowest BCUT2D eigenvalue weighted by Crippen LogP contribution is -2.15. The number of aromatic hydroxyl groups is 1. The highest BCUT2D eigenvalue weighted by Gasteiger charge is 2.21. The number of phenols is 1. The fraction of sp³-hybridized carbons (Fsp3) is 0.312. The third-order valence-corrected chi connectivity index (χ3v) is 4.29. The van der Waals surface area contributed by atoms with E-state index in [2.05, 4.69) is 4.76 Å². The number of hydrogen-bond donors (Lipinski definition) is 4. The molecule has 0 fully saturated rings. The van der Waals surface area contributed by atoms with Crippen LogP contribution in [0, 0.1) is 5.92 Å². The van der Waals surface area contributed by atoms with E-state index in [1.54, 1.807) is 18.2 Å². The first-order valence-electron chi connectivity index (χ1n) is 7.28. The van der Waals surface area contributed by atoms with Gasteiger partial charge in [-0.2, -0.15) is 4.76 Å². The van der Waals surface area contributed by atoms with Gasteiger partial charge in [0.2, 0.25) is 0 Å². The Morgan fingerprint density at radius 3 is 2.43 bits per heavy atom. The molecule has 23 heavy (non-hydrogen) atoms. The minimum atomic E-state index is -4.50. The maximum absolute atomic E-state index is 11.1. The number of phenolic OH excluding ortho intramolecular Hbond substituents is 1. The van der Waals surface area contributed by atoms with Crippen molar-refractivity contribution in [2.24, 2.45) is 10.7 Å². The van der Waals surface area contributed by atoms with Gasteiger partial charge in [0.1, 0.15) is 11.5 Å². The molecule has 1 aliphatic rings. The second kappa shape index (κ2) is 7.13. The zero-order valence-electron chi connectivity index (χ0n) is 12.7. The summed E-state index contributed by atoms with van der Waals surface area (Å²) in [4.78, 5) is 18.0. The van der Waals surface area contributed by atoms with E-state index in [1.165, 1.54) is 12.2 Å². The Hall–Kier alpha value is -1.88. The summed E-state index contributed by atoms with van der Waals surface area (Å²) in [5, 5.41) is 18.9. The van der Waals surface area contributed by atoms with Gasteiger partial charge in [0, 0.05) is 5.92 Å². The van der Waals surface area contributed by atoms with E-state index in [-0.39, 0.29) is 29.1 Å². The van der Waals surface area contributed by atoms with Crippen LogP contribution in [0.2, 0.25) is 0 Å². The molecule has 1 aromatic rings. The zero-order valence-corrected chi connectivity index (χ0v) is 13.6. The van der Waals surface area contributed by atoms with Crippen molar-refractivity contribution in [2.75, 3.05) is 0 Å². The molecule has 1 aliphatic carbocycles. The fourth-order valence-corrected chi connectivity index (χ4v) is 3.05. The van der Waals surface area contributed by atoms with Crippen molar-refractivity contribution >= 4 is 13.5 Å². The number of aliphatic hydroxyl groups is 1. The topological polar surface area (TPSA) is 110 Å². The van der Waals surface area contributed by atoms with Gasteiger partial charge in [0.25, 0.3) is 0 Å². The van der Waals surface area contributed by atoms with Crippen LogP contribution in [0.3, 0.4) is 0 Å². The van der Waals surface area contributed by atoms with Crippen molar-refractivity contribution in [2.45, 2.75) is 25.7 Å². The number of rotatable bonds is 5. The van der Waals surface area contributed by atoms with Crippen LogP contribution in [0.1, 0.15) is 31.2 Å². The zero-order chi connectivity index (χ0) is 17.0. The normalized spacial score (nSPS) is 21.3. The Labute approximate surface area is 134 Å². The smallest absolute Gasteiger partial charge is 0.448 e. The molecule has 0 aromatic heterocycles. The van der Waals surface area contributed by atoms with Crippen molar-refractivity contribution in [3.8, 4) is 5.75 Å². The first-order valence-corrected chi connectivity index (χ1v) is 8.84. The molecule has 6 nitrogen and oxygen atoms in total. The fourth-order valence-electron chi connectivity index (χ4n) is 2.53. The van der Waals surface area contributed by atoms with Crippen molar-refractivity contribution in [1.29, 1.82) is 0 Å². The van der Waals surface area contributed by atoms with Crippen LogP contribution in [0.5, 0.6) is 5.75 Å². The van der Waals surface area contributed by atoms with E-state index in [4.69, 9.17) is 9.79 Å². The van der Waals surface area contributed by atoms with Crippen LogP contribution in [0.25, 0.3) is 0 Å². The van der Waals surface area contributed by atoms with Crippen molar-refractivity contribution < 1.29 is 24.6 Å². The van der Waals surface area contributed by atoms with Gasteiger partial charge in [-0.05, 0) is 54.7 Å². The highest BCUT2D eigenvalue weighted by atomic mass is 31.2. The van der Waals surface area contributed by atoms with Crippen LogP contribution in [0.15, 0.2) is 53.0 Å². The monoisotopic (exact) mass is 337 g/mol. The minimum Gasteiger partial charge on any atom is -0.508 e. The van der Waals surface area contributed by atoms with Crippen molar-refractivity contribution in [3.05, 3.63) is 53.8 Å². The lowest BCUT2D eigenvalue weighted by atomic mass is 9.87. The lowest BCUT2D eigenvalue weighted by Gasteiger charge is -2.19. The van der Waals surface area contributed by atoms with Crippen molar-refractivity contribution in [1.82, 2.24) is 0 Å². The molecule has 0 radical (unpaired) electrons. The summed E-state index contributed by atoms with van der Waals surface area (Å²) in [6.45, 7) is 2.04. The molecule has 2 unspecified atom stereocenters. The molecule has 0 bridgehead atoms. The van der Waals surface area contributed by atoms with E-state index in [0.717, 1.165) is 12.0 Å². The average molecular weight is 337 g/mol. The standard InChI is InChI=1S/C16H20NO5P/c1-11(12-4-6-14(18)7-5-12)2-3-13-10-15(19)8-9-16(13)17-23(20,21)22/h4-11,13,18-19H,2-3H2,1H3,(H2,20,21,22). The molecule has 0 heterocycles. The molecule has 4 N–H and O–H groups in total. The number of allylic oxidation sites excluding steroid dienone is 3. The Morgan fingerprint density at radius 1 is 1.17 bits per heavy atom. The quantitative estimate of drug-likeness (QED) is 0.615. The molecule has 0 saturated carbocycles. The molecular weight excluding hydrogens is 317 g/mol. The third kappa shape index (κ3) is 5.36. The molecule has 124 valence electrons. The van der Waals surface area contributed by atoms with Gasteiger partial charge >= 0.3 is 7.75 Å². The van der Waals surface area contributed by atoms with Gasteiger partial charge in [-0.1, -0.05) is 19.1 Å². The van der Waals surface area contributed by atoms with Crippen LogP contribution >= 0.6 is 7.75 Å². The highest BCUT2D eigenvalue weighted by molar-refractivity contribution is 7.50. The Bertz CT molecular complexity index is 687. The number of benzene rings is 1. The van der Waals surface area contributed by atoms with E-state index in [0.29, 0.717) is 6.42 Å². The predicted molar refractivity (Wildman–Crippen MR) is 88.6 cm³/mol. The summed E-state index contributed by atoms with van der Waals surface area (Å²) in [6.07, 6.45) is 5.69. The minimum absolute atomic E-state index is 0.0666. The van der Waals surface area contributed by atoms with E-state index < -0.39 is 7.75 Å². The Balaban J connectivity index is 2.07. The summed E-state index contributed by atoms with van der Waals surface area (Å²) in [5.74, 6) is 0.139. The van der Waals surface area contributed by atoms with Gasteiger partial charge in [0.05, 0.1) is 5.71 Å². The van der Waals surface area contributed by atoms with Crippen molar-refractivity contribution in [3.63, 3.8) is 0 Å². The summed E-state index contributed by atoms with van der Waals surface area (Å²) >= 11 is 0. The van der Waals surface area contributed by atoms with E-state index in [9.17, 15) is 14.8 Å². The molecule has 7 heteroatoms. The van der Waals surface area contributed by atoms with Crippen LogP contribution in [-0.2, 0) is 4.57 Å². The van der Waals surface area contributed by atoms with Gasteiger partial charge < -0.3 is 20.0 Å². The average Bonchev–Trinajstić information content (AvgIpc) is 2.46. The molecular formula is C16H20NO5P. The number of aliphatic hydroxyl groups excluding tert-OH is 1. The molecule has 0 aliphatic heterocycles. The number of hydrogen-bond acceptors (Lipinski definition) is 3. The first kappa shape index (κ1) is 17.5. The maximum Gasteiger partial charge on any atom is 0.448 e. The van der Waals surface area contributed by atoms with Crippen LogP contribution in [0.4, 0.5) is 0 Å². The van der Waals surface area contributed by atoms with Crippen LogP contribution < -0.4 is 0 Å². The first-order chi connectivity index (χ1) is 10.7. The van der Waals surface area contributed by atoms with Gasteiger partial charge in [0.15, 0.2) is 0 Å². The molecule has 0 amide bonds. The summed E-state index contributed by atoms with van der Waals surface area (Å²) < 4.78 is 14.5. The molecule has 1 aromatic carbocycles. The lowest BCUT2D eigenvalue weighted by molar-refractivity contribution is 0.374. The van der Waals surface area contributed by atoms with Gasteiger partial charge in [-0.25, -0.2) is 4.57 Å². The molecule has 2 atom stereocenters. The SMILES string of the molecule is CC(CCC1C=C(O)C=CC1=NP(=O)(O)O)c1ccc(O)cc1. The summed E-state index contributed by atoms with van der Waals surface area (Å²) in [5.41, 5.74) is 1.34. The molecule has 0 spiro atoms. The van der Waals surface area contributed by atoms with Crippen LogP contribution in [-0.4, -0.2) is 25.7 Å². The van der Waals surface area contributed by atoms with Gasteiger partial charge in [-0.3, -0.25) is 0 Å². The highest BCUT2D eigenvalue weighted by Crippen LogP contribution is 2.38. The Morgan fingerprint density at radius 2 is 1.83 bits per heavy atom. The molecule has 2 rings (SSSR count). The second-order valence-electron chi connectivity index (χ2n) is 5.64. The Kier molecular flexibility index (Phi) is 5.42. The molecule has 0 saturated heterocycles. The van der Waals surface area contributed by atoms with E-state index >= 15 is 0 Å². The number of nitrogens with zero attached hydrogens (tertiary/aromatic N) is 1. The largest absolute Gasteiger partial charge is 0.508 e. The van der Waals surface area contributed by atoms with Gasteiger partial charge in [-0.15, -0.1) is 0 Å². The maximum atomic E-state index is 11.1. The summed E-state index contributed by atoms with van der Waals surface area (Å²) in [7, 11) is -4.50. The van der Waals surface area contributed by atoms with E-state index in [1.807, 2.05) is 19.1 Å². The third-order valence-electron chi connectivity index (χ3n) is 3.80. The predicted octanol–water partition coefficient (Wildman–Crippen LogP) is 3.44. The summed E-state index contributed by atoms with van der Waals surface area (Å²) in [6, 6.07) is 6.95.